The maximum atomic E-state index is 11.8. The van der Waals surface area contributed by atoms with E-state index in [4.69, 9.17) is 11.6 Å². The number of hydrogen-bond donors (Lipinski definition) is 0. The molecule has 1 fully saturated rings. The Morgan fingerprint density at radius 1 is 1.59 bits per heavy atom. The molecular weight excluding hydrogens is 236 g/mol. The predicted octanol–water partition coefficient (Wildman–Crippen LogP) is 3.11. The molecule has 1 saturated carbocycles. The lowest BCUT2D eigenvalue weighted by molar-refractivity contribution is 0.165. The zero-order chi connectivity index (χ0) is 12.5. The van der Waals surface area contributed by atoms with Crippen LogP contribution < -0.4 is 5.56 Å². The Labute approximate surface area is 107 Å². The Bertz CT molecular complexity index is 453. The second-order valence-electron chi connectivity index (χ2n) is 5.83. The van der Waals surface area contributed by atoms with E-state index in [0.29, 0.717) is 11.3 Å². The summed E-state index contributed by atoms with van der Waals surface area (Å²) in [5, 5.41) is 0.211. The first kappa shape index (κ1) is 12.6. The summed E-state index contributed by atoms with van der Waals surface area (Å²) in [5.41, 5.74) is 0.281. The molecule has 0 bridgehead atoms. The van der Waals surface area contributed by atoms with Crippen LogP contribution in [0.25, 0.3) is 0 Å². The van der Waals surface area contributed by atoms with Crippen molar-refractivity contribution in [3.05, 3.63) is 27.9 Å². The third-order valence-electron chi connectivity index (χ3n) is 3.62. The van der Waals surface area contributed by atoms with E-state index in [-0.39, 0.29) is 10.6 Å². The van der Waals surface area contributed by atoms with Gasteiger partial charge in [-0.05, 0) is 30.6 Å². The minimum Gasteiger partial charge on any atom is -0.298 e. The first-order valence-corrected chi connectivity index (χ1v) is 6.56. The van der Waals surface area contributed by atoms with E-state index < -0.39 is 0 Å². The summed E-state index contributed by atoms with van der Waals surface area (Å²) in [6.45, 7) is 5.35. The molecule has 1 unspecified atom stereocenters. The highest BCUT2D eigenvalue weighted by Crippen LogP contribution is 2.38. The van der Waals surface area contributed by atoms with Crippen LogP contribution in [-0.4, -0.2) is 9.55 Å². The Kier molecular flexibility index (Phi) is 3.57. The van der Waals surface area contributed by atoms with Gasteiger partial charge in [-0.2, -0.15) is 0 Å². The van der Waals surface area contributed by atoms with Gasteiger partial charge in [-0.15, -0.1) is 0 Å². The highest BCUT2D eigenvalue weighted by Gasteiger charge is 2.28. The van der Waals surface area contributed by atoms with E-state index in [1.54, 1.807) is 10.9 Å². The highest BCUT2D eigenvalue weighted by atomic mass is 35.5. The predicted molar refractivity (Wildman–Crippen MR) is 69.2 cm³/mol. The zero-order valence-electron chi connectivity index (χ0n) is 10.4. The third kappa shape index (κ3) is 3.09. The van der Waals surface area contributed by atoms with Crippen LogP contribution in [0.3, 0.4) is 0 Å². The minimum absolute atomic E-state index is 0.120. The Morgan fingerprint density at radius 3 is 3.06 bits per heavy atom. The molecule has 1 aromatic heterocycles. The molecule has 2 rings (SSSR count). The van der Waals surface area contributed by atoms with Crippen LogP contribution >= 0.6 is 11.6 Å². The number of nitrogens with zero attached hydrogens (tertiary/aromatic N) is 2. The molecule has 17 heavy (non-hydrogen) atoms. The van der Waals surface area contributed by atoms with Crippen molar-refractivity contribution in [3.63, 3.8) is 0 Å². The first-order valence-electron chi connectivity index (χ1n) is 6.18. The van der Waals surface area contributed by atoms with Crippen LogP contribution in [0, 0.1) is 11.3 Å². The quantitative estimate of drug-likeness (QED) is 0.813. The van der Waals surface area contributed by atoms with Crippen molar-refractivity contribution in [2.24, 2.45) is 11.3 Å². The topological polar surface area (TPSA) is 34.9 Å². The van der Waals surface area contributed by atoms with Gasteiger partial charge in [0.1, 0.15) is 5.02 Å². The molecule has 1 aromatic rings. The Balaban J connectivity index is 2.11. The second-order valence-corrected chi connectivity index (χ2v) is 6.23. The minimum atomic E-state index is -0.120. The zero-order valence-corrected chi connectivity index (χ0v) is 11.2. The molecule has 0 aromatic carbocycles. The molecule has 1 atom stereocenters. The van der Waals surface area contributed by atoms with E-state index in [2.05, 4.69) is 18.8 Å². The first-order chi connectivity index (χ1) is 7.98. The van der Waals surface area contributed by atoms with Gasteiger partial charge >= 0.3 is 0 Å². The van der Waals surface area contributed by atoms with Crippen molar-refractivity contribution in [1.29, 1.82) is 0 Å². The van der Waals surface area contributed by atoms with Crippen LogP contribution in [0.5, 0.6) is 0 Å². The summed E-state index contributed by atoms with van der Waals surface area (Å²) in [6.07, 6.45) is 7.90. The monoisotopic (exact) mass is 254 g/mol. The molecule has 94 valence electrons. The Morgan fingerprint density at radius 2 is 2.35 bits per heavy atom. The van der Waals surface area contributed by atoms with Crippen molar-refractivity contribution < 1.29 is 0 Å². The van der Waals surface area contributed by atoms with E-state index in [0.717, 1.165) is 6.54 Å². The van der Waals surface area contributed by atoms with Crippen molar-refractivity contribution in [3.8, 4) is 0 Å². The molecule has 0 spiro atoms. The number of halogens is 1. The van der Waals surface area contributed by atoms with Crippen molar-refractivity contribution in [2.45, 2.75) is 46.1 Å². The maximum absolute atomic E-state index is 11.8. The van der Waals surface area contributed by atoms with Gasteiger partial charge in [0.15, 0.2) is 0 Å². The average Bonchev–Trinajstić information content (AvgIpc) is 2.23. The second kappa shape index (κ2) is 4.81. The van der Waals surface area contributed by atoms with Gasteiger partial charge in [0.05, 0.1) is 12.5 Å². The van der Waals surface area contributed by atoms with Gasteiger partial charge in [-0.3, -0.25) is 9.36 Å². The molecule has 0 amide bonds. The molecule has 4 heteroatoms. The summed E-state index contributed by atoms with van der Waals surface area (Å²) < 4.78 is 1.65. The fourth-order valence-electron chi connectivity index (χ4n) is 2.84. The normalized spacial score (nSPS) is 23.6. The summed E-state index contributed by atoms with van der Waals surface area (Å²) in [4.78, 5) is 15.8. The van der Waals surface area contributed by atoms with Crippen LogP contribution in [0.2, 0.25) is 5.02 Å². The average molecular weight is 255 g/mol. The van der Waals surface area contributed by atoms with Crippen molar-refractivity contribution >= 4 is 11.6 Å². The van der Waals surface area contributed by atoms with Gasteiger partial charge in [0, 0.05) is 6.54 Å². The van der Waals surface area contributed by atoms with Crippen molar-refractivity contribution in [1.82, 2.24) is 9.55 Å². The van der Waals surface area contributed by atoms with E-state index in [1.807, 2.05) is 0 Å². The summed E-state index contributed by atoms with van der Waals surface area (Å²) in [7, 11) is 0. The molecule has 1 aliphatic carbocycles. The molecule has 0 radical (unpaired) electrons. The van der Waals surface area contributed by atoms with Gasteiger partial charge in [-0.25, -0.2) is 4.98 Å². The van der Waals surface area contributed by atoms with E-state index in [1.165, 1.54) is 31.9 Å². The largest absolute Gasteiger partial charge is 0.298 e. The summed E-state index contributed by atoms with van der Waals surface area (Å²) >= 11 is 5.79. The fourth-order valence-corrected chi connectivity index (χ4v) is 3.01. The van der Waals surface area contributed by atoms with Gasteiger partial charge in [0.2, 0.25) is 0 Å². The van der Waals surface area contributed by atoms with E-state index in [9.17, 15) is 4.79 Å². The number of aromatic nitrogens is 2. The fraction of sp³-hybridized carbons (Fsp3) is 0.692. The standard InChI is InChI=1S/C13H19ClN2O/c1-13(2)5-3-4-10(6-13)8-16-9-15-7-11(14)12(16)17/h7,9-10H,3-6,8H2,1-2H3. The number of hydrogen-bond acceptors (Lipinski definition) is 2. The SMILES string of the molecule is CC1(C)CCCC(Cn2cncc(Cl)c2=O)C1. The van der Waals surface area contributed by atoms with Gasteiger partial charge in [0.25, 0.3) is 5.56 Å². The van der Waals surface area contributed by atoms with Gasteiger partial charge in [-0.1, -0.05) is 31.9 Å². The number of rotatable bonds is 2. The highest BCUT2D eigenvalue weighted by molar-refractivity contribution is 6.30. The van der Waals surface area contributed by atoms with Gasteiger partial charge < -0.3 is 0 Å². The molecule has 1 heterocycles. The van der Waals surface area contributed by atoms with Crippen LogP contribution in [0.1, 0.15) is 39.5 Å². The smallest absolute Gasteiger partial charge is 0.272 e. The third-order valence-corrected chi connectivity index (χ3v) is 3.88. The summed E-state index contributed by atoms with van der Waals surface area (Å²) in [5.74, 6) is 0.566. The molecular formula is C13H19ClN2O. The van der Waals surface area contributed by atoms with Crippen LogP contribution in [0.4, 0.5) is 0 Å². The van der Waals surface area contributed by atoms with E-state index >= 15 is 0 Å². The van der Waals surface area contributed by atoms with Crippen molar-refractivity contribution in [2.75, 3.05) is 0 Å². The van der Waals surface area contributed by atoms with Crippen LogP contribution in [-0.2, 0) is 6.54 Å². The lowest BCUT2D eigenvalue weighted by atomic mass is 9.72. The summed E-state index contributed by atoms with van der Waals surface area (Å²) in [6, 6.07) is 0. The van der Waals surface area contributed by atoms with Crippen LogP contribution in [0.15, 0.2) is 17.3 Å². The Hall–Kier alpha value is -0.830. The lowest BCUT2D eigenvalue weighted by Crippen LogP contribution is -2.29. The molecule has 3 nitrogen and oxygen atoms in total. The molecule has 1 aliphatic rings. The maximum Gasteiger partial charge on any atom is 0.272 e. The molecule has 0 saturated heterocycles. The molecule has 0 aliphatic heterocycles. The lowest BCUT2D eigenvalue weighted by Gasteiger charge is -2.35. The molecule has 0 N–H and O–H groups in total.